The number of hydrogen-bond donors (Lipinski definition) is 0. The van der Waals surface area contributed by atoms with Crippen LogP contribution in [-0.2, 0) is 0 Å². The summed E-state index contributed by atoms with van der Waals surface area (Å²) in [6.07, 6.45) is 0. The van der Waals surface area contributed by atoms with Gasteiger partial charge >= 0.3 is 0 Å². The van der Waals surface area contributed by atoms with Crippen molar-refractivity contribution in [3.63, 3.8) is 0 Å². The third-order valence-electron chi connectivity index (χ3n) is 13.0. The molecule has 0 atom stereocenters. The SMILES string of the molecule is c1ccc(-c2ccc(-c3nc(-c4ccccc4)nc(-c4c5ccccc5cc5c6ccccc6n(-c6ccc7c8ccccc8n(-c8ccc(-c9ccccc9)cc8)c7c6)c45)n3)cc2)cc1. The lowest BCUT2D eigenvalue weighted by atomic mass is 9.99. The molecule has 0 unspecified atom stereocenters. The van der Waals surface area contributed by atoms with E-state index in [0.717, 1.165) is 82.8 Å². The standard InChI is InChI=1S/C61H39N5/c1-4-16-40(17-5-1)42-28-30-45(31-29-42)60-62-59(44-20-8-3-9-21-44)63-61(64-60)57-49-23-11-10-22-46(49)38-53-51-25-13-15-27-55(51)66(58(53)57)48-36-37-52-50-24-12-14-26-54(50)65(56(52)39-48)47-34-32-43(33-35-47)41-18-6-2-7-19-41/h1-39H. The molecule has 0 aliphatic heterocycles. The molecule has 0 saturated heterocycles. The van der Waals surface area contributed by atoms with Crippen LogP contribution in [0, 0.1) is 0 Å². The normalized spacial score (nSPS) is 11.6. The quantitative estimate of drug-likeness (QED) is 0.161. The monoisotopic (exact) mass is 841 g/mol. The van der Waals surface area contributed by atoms with Crippen LogP contribution in [0.3, 0.4) is 0 Å². The average Bonchev–Trinajstić information content (AvgIpc) is 3.91. The minimum Gasteiger partial charge on any atom is -0.309 e. The zero-order valence-corrected chi connectivity index (χ0v) is 35.8. The van der Waals surface area contributed by atoms with Crippen LogP contribution in [0.1, 0.15) is 0 Å². The van der Waals surface area contributed by atoms with Gasteiger partial charge in [0.15, 0.2) is 17.5 Å². The zero-order valence-electron chi connectivity index (χ0n) is 35.8. The van der Waals surface area contributed by atoms with Crippen molar-refractivity contribution in [2.24, 2.45) is 0 Å². The molecule has 0 aliphatic carbocycles. The molecule has 0 radical (unpaired) electrons. The summed E-state index contributed by atoms with van der Waals surface area (Å²) in [5.74, 6) is 1.85. The van der Waals surface area contributed by atoms with E-state index in [0.29, 0.717) is 17.5 Å². The third kappa shape index (κ3) is 6.21. The molecule has 13 rings (SSSR count). The van der Waals surface area contributed by atoms with E-state index in [4.69, 9.17) is 15.0 Å². The Hall–Kier alpha value is -8.93. The van der Waals surface area contributed by atoms with E-state index in [-0.39, 0.29) is 0 Å². The minimum atomic E-state index is 0.616. The molecule has 0 N–H and O–H groups in total. The molecular weight excluding hydrogens is 803 g/mol. The minimum absolute atomic E-state index is 0.616. The van der Waals surface area contributed by atoms with Crippen LogP contribution in [0.5, 0.6) is 0 Å². The van der Waals surface area contributed by atoms with E-state index in [1.54, 1.807) is 0 Å². The Labute approximate surface area is 381 Å². The summed E-state index contributed by atoms with van der Waals surface area (Å²) in [7, 11) is 0. The fraction of sp³-hybridized carbons (Fsp3) is 0. The van der Waals surface area contributed by atoms with Crippen LogP contribution in [0.15, 0.2) is 237 Å². The lowest BCUT2D eigenvalue weighted by molar-refractivity contribution is 1.07. The molecule has 5 heteroatoms. The topological polar surface area (TPSA) is 48.5 Å². The van der Waals surface area contributed by atoms with Crippen molar-refractivity contribution in [3.05, 3.63) is 237 Å². The molecule has 0 saturated carbocycles. The van der Waals surface area contributed by atoms with Crippen LogP contribution < -0.4 is 0 Å². The first-order valence-corrected chi connectivity index (χ1v) is 22.4. The largest absolute Gasteiger partial charge is 0.309 e. The lowest BCUT2D eigenvalue weighted by Crippen LogP contribution is -2.03. The Balaban J connectivity index is 1.07. The number of nitrogens with zero attached hydrogens (tertiary/aromatic N) is 5. The molecular formula is C61H39N5. The summed E-state index contributed by atoms with van der Waals surface area (Å²) in [5, 5.41) is 6.88. The van der Waals surface area contributed by atoms with Gasteiger partial charge in [-0.1, -0.05) is 194 Å². The summed E-state index contributed by atoms with van der Waals surface area (Å²) in [6, 6.07) is 84.0. The molecule has 0 aliphatic rings. The number of benzene rings is 10. The summed E-state index contributed by atoms with van der Waals surface area (Å²) in [6.45, 7) is 0. The van der Waals surface area contributed by atoms with Crippen molar-refractivity contribution in [3.8, 4) is 67.8 Å². The van der Waals surface area contributed by atoms with Crippen LogP contribution >= 0.6 is 0 Å². The van der Waals surface area contributed by atoms with Crippen LogP contribution in [-0.4, -0.2) is 24.1 Å². The highest BCUT2D eigenvalue weighted by atomic mass is 15.1. The maximum atomic E-state index is 5.43. The number of hydrogen-bond acceptors (Lipinski definition) is 3. The highest BCUT2D eigenvalue weighted by Gasteiger charge is 2.24. The average molecular weight is 842 g/mol. The van der Waals surface area contributed by atoms with Gasteiger partial charge in [0, 0.05) is 44.0 Å². The Morgan fingerprint density at radius 1 is 0.258 bits per heavy atom. The summed E-state index contributed by atoms with van der Waals surface area (Å²) < 4.78 is 4.83. The van der Waals surface area contributed by atoms with Gasteiger partial charge in [-0.2, -0.15) is 0 Å². The first kappa shape index (κ1) is 37.6. The fourth-order valence-electron chi connectivity index (χ4n) is 9.87. The Bertz CT molecular complexity index is 3950. The molecule has 0 fully saturated rings. The predicted octanol–water partition coefficient (Wildman–Crippen LogP) is 15.6. The maximum absolute atomic E-state index is 5.43. The Kier molecular flexibility index (Phi) is 8.78. The zero-order chi connectivity index (χ0) is 43.6. The van der Waals surface area contributed by atoms with Gasteiger partial charge < -0.3 is 9.13 Å². The van der Waals surface area contributed by atoms with Crippen LogP contribution in [0.2, 0.25) is 0 Å². The second kappa shape index (κ2) is 15.4. The number of rotatable bonds is 7. The fourth-order valence-corrected chi connectivity index (χ4v) is 9.87. The van der Waals surface area contributed by atoms with Gasteiger partial charge in [0.2, 0.25) is 0 Å². The van der Waals surface area contributed by atoms with Crippen molar-refractivity contribution >= 4 is 54.4 Å². The van der Waals surface area contributed by atoms with Gasteiger partial charge in [-0.15, -0.1) is 0 Å². The van der Waals surface area contributed by atoms with E-state index in [1.165, 1.54) is 21.9 Å². The summed E-state index contributed by atoms with van der Waals surface area (Å²) >= 11 is 0. The molecule has 66 heavy (non-hydrogen) atoms. The molecule has 5 nitrogen and oxygen atoms in total. The van der Waals surface area contributed by atoms with Crippen molar-refractivity contribution < 1.29 is 0 Å². The second-order valence-corrected chi connectivity index (χ2v) is 16.8. The first-order chi connectivity index (χ1) is 32.7. The third-order valence-corrected chi connectivity index (χ3v) is 13.0. The van der Waals surface area contributed by atoms with Gasteiger partial charge in [0.25, 0.3) is 0 Å². The second-order valence-electron chi connectivity index (χ2n) is 16.8. The van der Waals surface area contributed by atoms with Gasteiger partial charge in [-0.05, 0) is 75.5 Å². The van der Waals surface area contributed by atoms with E-state index in [2.05, 4.69) is 221 Å². The molecule has 0 amide bonds. The maximum Gasteiger partial charge on any atom is 0.166 e. The Morgan fingerprint density at radius 3 is 1.32 bits per heavy atom. The molecule has 308 valence electrons. The van der Waals surface area contributed by atoms with Crippen LogP contribution in [0.4, 0.5) is 0 Å². The highest BCUT2D eigenvalue weighted by Crippen LogP contribution is 2.44. The van der Waals surface area contributed by atoms with E-state index in [1.807, 2.05) is 24.3 Å². The predicted molar refractivity (Wildman–Crippen MR) is 273 cm³/mol. The number of fused-ring (bicyclic) bond motifs is 7. The number of aromatic nitrogens is 5. The van der Waals surface area contributed by atoms with E-state index in [9.17, 15) is 0 Å². The van der Waals surface area contributed by atoms with Gasteiger partial charge in [0.1, 0.15) is 0 Å². The van der Waals surface area contributed by atoms with Crippen molar-refractivity contribution in [1.82, 2.24) is 24.1 Å². The van der Waals surface area contributed by atoms with Gasteiger partial charge in [0.05, 0.1) is 27.6 Å². The van der Waals surface area contributed by atoms with Crippen molar-refractivity contribution in [2.75, 3.05) is 0 Å². The summed E-state index contributed by atoms with van der Waals surface area (Å²) in [4.78, 5) is 16.0. The smallest absolute Gasteiger partial charge is 0.166 e. The molecule has 3 aromatic heterocycles. The lowest BCUT2D eigenvalue weighted by Gasteiger charge is -2.16. The van der Waals surface area contributed by atoms with Crippen molar-refractivity contribution in [2.45, 2.75) is 0 Å². The van der Waals surface area contributed by atoms with Crippen LogP contribution in [0.25, 0.3) is 122 Å². The highest BCUT2D eigenvalue weighted by molar-refractivity contribution is 6.21. The molecule has 3 heterocycles. The first-order valence-electron chi connectivity index (χ1n) is 22.4. The van der Waals surface area contributed by atoms with Crippen molar-refractivity contribution in [1.29, 1.82) is 0 Å². The Morgan fingerprint density at radius 2 is 0.682 bits per heavy atom. The molecule has 0 bridgehead atoms. The van der Waals surface area contributed by atoms with Gasteiger partial charge in [-0.3, -0.25) is 0 Å². The molecule has 0 spiro atoms. The van der Waals surface area contributed by atoms with E-state index < -0.39 is 0 Å². The number of para-hydroxylation sites is 2. The summed E-state index contributed by atoms with van der Waals surface area (Å²) in [5.41, 5.74) is 14.1. The molecule has 13 aromatic rings. The van der Waals surface area contributed by atoms with Gasteiger partial charge in [-0.25, -0.2) is 15.0 Å². The van der Waals surface area contributed by atoms with E-state index >= 15 is 0 Å². The molecule has 10 aromatic carbocycles.